The summed E-state index contributed by atoms with van der Waals surface area (Å²) in [6.07, 6.45) is 0.563. The Morgan fingerprint density at radius 3 is 2.09 bits per heavy atom. The van der Waals surface area contributed by atoms with Gasteiger partial charge in [0, 0.05) is 24.4 Å². The van der Waals surface area contributed by atoms with Crippen LogP contribution in [0.1, 0.15) is 31.9 Å². The molecule has 22 heavy (non-hydrogen) atoms. The molecule has 124 valence electrons. The molecule has 0 radical (unpaired) electrons. The largest absolute Gasteiger partial charge is 1.00 e. The minimum atomic E-state index is -0.469. The third kappa shape index (κ3) is 3.15. The first-order chi connectivity index (χ1) is 9.95. The molecule has 1 aromatic carbocycles. The fraction of sp³-hybridized carbons (Fsp3) is 0.562. The zero-order chi connectivity index (χ0) is 15.6. The van der Waals surface area contributed by atoms with E-state index < -0.39 is 5.41 Å². The van der Waals surface area contributed by atoms with E-state index >= 15 is 0 Å². The number of rotatable bonds is 4. The minimum absolute atomic E-state index is 0. The molecule has 0 aromatic heterocycles. The van der Waals surface area contributed by atoms with Crippen molar-refractivity contribution >= 4 is 5.78 Å². The maximum Gasteiger partial charge on any atom is 0.203 e. The van der Waals surface area contributed by atoms with Crippen molar-refractivity contribution < 1.29 is 31.4 Å². The third-order valence-corrected chi connectivity index (χ3v) is 4.16. The maximum absolute atomic E-state index is 12.2. The van der Waals surface area contributed by atoms with Gasteiger partial charge in [-0.1, -0.05) is 13.8 Å². The zero-order valence-corrected chi connectivity index (χ0v) is 14.4. The lowest BCUT2D eigenvalue weighted by atomic mass is 9.73. The Morgan fingerprint density at radius 2 is 1.64 bits per heavy atom. The number of benzene rings is 1. The van der Waals surface area contributed by atoms with Gasteiger partial charge in [-0.2, -0.15) is 0 Å². The van der Waals surface area contributed by atoms with Crippen molar-refractivity contribution in [3.63, 3.8) is 0 Å². The first-order valence-electron chi connectivity index (χ1n) is 7.02. The maximum atomic E-state index is 12.2. The molecule has 0 aliphatic carbocycles. The summed E-state index contributed by atoms with van der Waals surface area (Å²) in [7, 11) is 4.75. The lowest BCUT2D eigenvalue weighted by Crippen LogP contribution is -3.00. The van der Waals surface area contributed by atoms with Crippen molar-refractivity contribution in [2.45, 2.75) is 26.3 Å². The number of methoxy groups -OCH3 is 3. The highest BCUT2D eigenvalue weighted by Gasteiger charge is 2.40. The molecule has 1 aromatic rings. The molecule has 1 fully saturated rings. The lowest BCUT2D eigenvalue weighted by molar-refractivity contribution is -0.130. The summed E-state index contributed by atoms with van der Waals surface area (Å²) in [4.78, 5) is 12.2. The summed E-state index contributed by atoms with van der Waals surface area (Å²) < 4.78 is 16.1. The molecular formula is C16H23ClNO4-. The normalized spacial score (nSPS) is 20.0. The van der Waals surface area contributed by atoms with Gasteiger partial charge >= 0.3 is 0 Å². The van der Waals surface area contributed by atoms with Crippen LogP contribution in [0.2, 0.25) is 0 Å². The smallest absolute Gasteiger partial charge is 0.203 e. The summed E-state index contributed by atoms with van der Waals surface area (Å²) in [5.41, 5.74) is 0.491. The fourth-order valence-corrected chi connectivity index (χ4v) is 2.87. The number of carbonyl (C=O) groups is 1. The predicted octanol–water partition coefficient (Wildman–Crippen LogP) is -0.654. The van der Waals surface area contributed by atoms with Crippen LogP contribution >= 0.6 is 0 Å². The van der Waals surface area contributed by atoms with Gasteiger partial charge in [0.2, 0.25) is 5.75 Å². The number of hydrogen-bond donors (Lipinski definition) is 1. The molecule has 6 heteroatoms. The summed E-state index contributed by atoms with van der Waals surface area (Å²) in [5, 5.41) is 3.42. The van der Waals surface area contributed by atoms with Crippen LogP contribution in [0.15, 0.2) is 12.1 Å². The standard InChI is InChI=1S/C16H23NO4.ClH/c1-16(2)13(18)6-7-17-15(16)10-8-11(19-3)14(21-5)12(9-10)20-4;/h8-9,15,17H,6-7H2,1-5H3;1H/p-1. The van der Waals surface area contributed by atoms with Gasteiger partial charge in [-0.15, -0.1) is 0 Å². The van der Waals surface area contributed by atoms with Crippen molar-refractivity contribution in [3.8, 4) is 17.2 Å². The van der Waals surface area contributed by atoms with Gasteiger partial charge in [0.05, 0.1) is 21.3 Å². The molecule has 1 atom stereocenters. The first-order valence-corrected chi connectivity index (χ1v) is 7.02. The lowest BCUT2D eigenvalue weighted by Gasteiger charge is -2.38. The third-order valence-electron chi connectivity index (χ3n) is 4.16. The van der Waals surface area contributed by atoms with Crippen LogP contribution in [0.5, 0.6) is 17.2 Å². The molecule has 1 saturated heterocycles. The van der Waals surface area contributed by atoms with E-state index in [9.17, 15) is 4.79 Å². The number of carbonyl (C=O) groups excluding carboxylic acids is 1. The summed E-state index contributed by atoms with van der Waals surface area (Å²) in [6, 6.07) is 3.73. The predicted molar refractivity (Wildman–Crippen MR) is 80.2 cm³/mol. The van der Waals surface area contributed by atoms with Crippen LogP contribution < -0.4 is 31.9 Å². The summed E-state index contributed by atoms with van der Waals surface area (Å²) >= 11 is 0. The van der Waals surface area contributed by atoms with E-state index in [-0.39, 0.29) is 24.2 Å². The number of ether oxygens (including phenoxy) is 3. The molecule has 1 unspecified atom stereocenters. The Balaban J connectivity index is 0.00000242. The molecule has 2 rings (SSSR count). The minimum Gasteiger partial charge on any atom is -1.00 e. The zero-order valence-electron chi connectivity index (χ0n) is 13.7. The van der Waals surface area contributed by atoms with Gasteiger partial charge in [0.15, 0.2) is 11.5 Å². The van der Waals surface area contributed by atoms with Gasteiger partial charge in [-0.25, -0.2) is 0 Å². The summed E-state index contributed by atoms with van der Waals surface area (Å²) in [6.45, 7) is 4.62. The molecule has 1 N–H and O–H groups in total. The second kappa shape index (κ2) is 7.20. The van der Waals surface area contributed by atoms with E-state index in [1.54, 1.807) is 21.3 Å². The molecule has 0 spiro atoms. The topological polar surface area (TPSA) is 56.8 Å². The van der Waals surface area contributed by atoms with Crippen LogP contribution in [0.25, 0.3) is 0 Å². The van der Waals surface area contributed by atoms with Crippen molar-refractivity contribution in [1.29, 1.82) is 0 Å². The number of piperidine rings is 1. The van der Waals surface area contributed by atoms with Crippen LogP contribution in [0.4, 0.5) is 0 Å². The highest BCUT2D eigenvalue weighted by atomic mass is 35.5. The highest BCUT2D eigenvalue weighted by Crippen LogP contribution is 2.44. The van der Waals surface area contributed by atoms with Crippen molar-refractivity contribution in [2.75, 3.05) is 27.9 Å². The number of Topliss-reactive ketones (excluding diaryl/α,β-unsaturated/α-hetero) is 1. The number of ketones is 1. The average Bonchev–Trinajstić information content (AvgIpc) is 2.48. The van der Waals surface area contributed by atoms with Gasteiger partial charge in [0.1, 0.15) is 5.78 Å². The van der Waals surface area contributed by atoms with Gasteiger partial charge in [-0.05, 0) is 17.7 Å². The van der Waals surface area contributed by atoms with Crippen molar-refractivity contribution in [3.05, 3.63) is 17.7 Å². The van der Waals surface area contributed by atoms with E-state index in [2.05, 4.69) is 5.32 Å². The van der Waals surface area contributed by atoms with Crippen LogP contribution in [-0.2, 0) is 4.79 Å². The van der Waals surface area contributed by atoms with Crippen molar-refractivity contribution in [2.24, 2.45) is 5.41 Å². The van der Waals surface area contributed by atoms with Crippen LogP contribution in [0.3, 0.4) is 0 Å². The van der Waals surface area contributed by atoms with Crippen LogP contribution in [0, 0.1) is 5.41 Å². The molecule has 0 saturated carbocycles. The number of halogens is 1. The molecule has 0 bridgehead atoms. The Morgan fingerprint density at radius 1 is 1.09 bits per heavy atom. The second-order valence-corrected chi connectivity index (χ2v) is 5.74. The molecule has 5 nitrogen and oxygen atoms in total. The SMILES string of the molecule is COc1cc(C2NCCC(=O)C2(C)C)cc(OC)c1OC.[Cl-]. The van der Waals surface area contributed by atoms with Crippen molar-refractivity contribution in [1.82, 2.24) is 5.32 Å². The molecule has 1 heterocycles. The van der Waals surface area contributed by atoms with E-state index in [0.29, 0.717) is 30.2 Å². The average molecular weight is 329 g/mol. The highest BCUT2D eigenvalue weighted by molar-refractivity contribution is 5.86. The van der Waals surface area contributed by atoms with Gasteiger partial charge in [0.25, 0.3) is 0 Å². The quantitative estimate of drug-likeness (QED) is 0.796. The van der Waals surface area contributed by atoms with Gasteiger partial charge < -0.3 is 31.9 Å². The Hall–Kier alpha value is -1.46. The number of nitrogens with one attached hydrogen (secondary N) is 1. The Labute approximate surface area is 137 Å². The second-order valence-electron chi connectivity index (χ2n) is 5.74. The molecule has 1 aliphatic heterocycles. The van der Waals surface area contributed by atoms with E-state index in [1.807, 2.05) is 26.0 Å². The fourth-order valence-electron chi connectivity index (χ4n) is 2.87. The van der Waals surface area contributed by atoms with E-state index in [4.69, 9.17) is 14.2 Å². The molecule has 0 amide bonds. The number of hydrogen-bond acceptors (Lipinski definition) is 5. The Kier molecular flexibility index (Phi) is 6.08. The Bertz CT molecular complexity index is 520. The summed E-state index contributed by atoms with van der Waals surface area (Å²) in [5.74, 6) is 2.02. The molecule has 1 aliphatic rings. The van der Waals surface area contributed by atoms with E-state index in [1.165, 1.54) is 0 Å². The monoisotopic (exact) mass is 328 g/mol. The van der Waals surface area contributed by atoms with Gasteiger partial charge in [-0.3, -0.25) is 4.79 Å². The molecular weight excluding hydrogens is 306 g/mol. The van der Waals surface area contributed by atoms with E-state index in [0.717, 1.165) is 5.56 Å². The first kappa shape index (κ1) is 18.6. The van der Waals surface area contributed by atoms with Crippen LogP contribution in [-0.4, -0.2) is 33.7 Å².